The summed E-state index contributed by atoms with van der Waals surface area (Å²) in [5.74, 6) is -0.539. The Hall–Kier alpha value is -3.66. The van der Waals surface area contributed by atoms with Crippen LogP contribution in [0.15, 0.2) is 42.5 Å². The molecule has 39 heavy (non-hydrogen) atoms. The molecule has 2 N–H and O–H groups in total. The molecule has 0 spiro atoms. The van der Waals surface area contributed by atoms with Gasteiger partial charge in [-0.2, -0.15) is 13.2 Å². The van der Waals surface area contributed by atoms with E-state index in [2.05, 4.69) is 15.3 Å². The highest BCUT2D eigenvalue weighted by Gasteiger charge is 2.31. The molecule has 2 aromatic heterocycles. The Morgan fingerprint density at radius 2 is 1.82 bits per heavy atom. The zero-order valence-electron chi connectivity index (χ0n) is 21.4. The summed E-state index contributed by atoms with van der Waals surface area (Å²) in [6.45, 7) is 4.17. The van der Waals surface area contributed by atoms with Crippen molar-refractivity contribution in [3.8, 4) is 11.4 Å². The SMILES string of the molecule is CCc1ccc(Cl)c(-c2nc3nc(C(=O)O)nc(NC(C)C4CCC4)c3n2Cc2ccc(C(F)(F)F)cc2)c1. The molecule has 11 heteroatoms. The summed E-state index contributed by atoms with van der Waals surface area (Å²) in [7, 11) is 0. The van der Waals surface area contributed by atoms with Gasteiger partial charge in [-0.25, -0.2) is 19.7 Å². The molecule has 1 atom stereocenters. The average Bonchev–Trinajstić information content (AvgIpc) is 3.21. The van der Waals surface area contributed by atoms with Crippen LogP contribution >= 0.6 is 11.6 Å². The number of nitrogens with one attached hydrogen (secondary N) is 1. The van der Waals surface area contributed by atoms with E-state index < -0.39 is 23.5 Å². The number of carboxylic acids is 1. The number of fused-ring (bicyclic) bond motifs is 1. The first kappa shape index (κ1) is 26.9. The number of aryl methyl sites for hydroxylation is 1. The molecular formula is C28H27ClF3N5O2. The first-order valence-electron chi connectivity index (χ1n) is 12.8. The Bertz CT molecular complexity index is 1530. The monoisotopic (exact) mass is 557 g/mol. The van der Waals surface area contributed by atoms with Crippen LogP contribution in [0.3, 0.4) is 0 Å². The van der Waals surface area contributed by atoms with Gasteiger partial charge in [-0.05, 0) is 67.5 Å². The van der Waals surface area contributed by atoms with Crippen molar-refractivity contribution in [1.29, 1.82) is 0 Å². The summed E-state index contributed by atoms with van der Waals surface area (Å²) in [6, 6.07) is 10.5. The fourth-order valence-electron chi connectivity index (χ4n) is 4.81. The van der Waals surface area contributed by atoms with E-state index in [1.165, 1.54) is 12.1 Å². The van der Waals surface area contributed by atoms with Crippen molar-refractivity contribution in [1.82, 2.24) is 19.5 Å². The van der Waals surface area contributed by atoms with Crippen LogP contribution in [0.25, 0.3) is 22.6 Å². The standard InChI is InChI=1S/C28H27ClF3N5O2/c1-3-16-9-12-21(29)20(13-16)26-36-24-22(37(26)14-17-7-10-19(11-8-17)28(30,31)32)23(34-25(35-24)27(38)39)33-15(2)18-5-4-6-18/h7-13,15,18H,3-6,14H2,1-2H3,(H,38,39)(H,33,34,35). The van der Waals surface area contributed by atoms with E-state index in [4.69, 9.17) is 16.6 Å². The van der Waals surface area contributed by atoms with Crippen LogP contribution in [0.5, 0.6) is 0 Å². The van der Waals surface area contributed by atoms with E-state index in [-0.39, 0.29) is 18.2 Å². The number of hydrogen-bond donors (Lipinski definition) is 2. The Balaban J connectivity index is 1.71. The number of carboxylic acid groups (broad SMARTS) is 1. The largest absolute Gasteiger partial charge is 0.475 e. The van der Waals surface area contributed by atoms with Crippen molar-refractivity contribution in [3.05, 3.63) is 70.0 Å². The van der Waals surface area contributed by atoms with E-state index in [0.29, 0.717) is 39.2 Å². The predicted molar refractivity (Wildman–Crippen MR) is 143 cm³/mol. The van der Waals surface area contributed by atoms with Crippen molar-refractivity contribution in [2.45, 2.75) is 58.3 Å². The normalized spacial score (nSPS) is 14.8. The van der Waals surface area contributed by atoms with Crippen molar-refractivity contribution in [3.63, 3.8) is 0 Å². The lowest BCUT2D eigenvalue weighted by molar-refractivity contribution is -0.137. The predicted octanol–water partition coefficient (Wildman–Crippen LogP) is 7.07. The van der Waals surface area contributed by atoms with Crippen molar-refractivity contribution < 1.29 is 23.1 Å². The third-order valence-electron chi connectivity index (χ3n) is 7.32. The summed E-state index contributed by atoms with van der Waals surface area (Å²) in [5.41, 5.74) is 2.08. The minimum Gasteiger partial charge on any atom is -0.475 e. The molecule has 5 rings (SSSR count). The zero-order chi connectivity index (χ0) is 27.9. The Morgan fingerprint density at radius 3 is 2.41 bits per heavy atom. The summed E-state index contributed by atoms with van der Waals surface area (Å²) < 4.78 is 41.3. The number of imidazole rings is 1. The van der Waals surface area contributed by atoms with Crippen LogP contribution in [0.2, 0.25) is 5.02 Å². The van der Waals surface area contributed by atoms with Crippen LogP contribution in [-0.2, 0) is 19.1 Å². The molecule has 0 radical (unpaired) electrons. The van der Waals surface area contributed by atoms with Crippen molar-refractivity contribution >= 4 is 34.6 Å². The number of rotatable bonds is 8. The third-order valence-corrected chi connectivity index (χ3v) is 7.65. The number of anilines is 1. The van der Waals surface area contributed by atoms with Gasteiger partial charge in [-0.3, -0.25) is 0 Å². The number of carbonyl (C=O) groups is 1. The molecule has 4 aromatic rings. The maximum absolute atomic E-state index is 13.2. The second-order valence-corrected chi connectivity index (χ2v) is 10.3. The molecule has 1 saturated carbocycles. The number of halogens is 4. The smallest absolute Gasteiger partial charge is 0.416 e. The molecule has 1 unspecified atom stereocenters. The van der Waals surface area contributed by atoms with Crippen molar-refractivity contribution in [2.24, 2.45) is 5.92 Å². The minimum absolute atomic E-state index is 0.0170. The molecule has 2 heterocycles. The fourth-order valence-corrected chi connectivity index (χ4v) is 5.01. The molecule has 1 aliphatic rings. The van der Waals surface area contributed by atoms with Gasteiger partial charge < -0.3 is 15.0 Å². The van der Waals surface area contributed by atoms with E-state index in [9.17, 15) is 23.1 Å². The van der Waals surface area contributed by atoms with Gasteiger partial charge in [-0.15, -0.1) is 0 Å². The number of alkyl halides is 3. The lowest BCUT2D eigenvalue weighted by Gasteiger charge is -2.32. The van der Waals surface area contributed by atoms with Gasteiger partial charge in [0.05, 0.1) is 10.6 Å². The van der Waals surface area contributed by atoms with Gasteiger partial charge in [0.2, 0.25) is 5.82 Å². The van der Waals surface area contributed by atoms with E-state index in [1.807, 2.05) is 26.0 Å². The first-order chi connectivity index (χ1) is 18.5. The zero-order valence-corrected chi connectivity index (χ0v) is 22.1. The topological polar surface area (TPSA) is 92.9 Å². The van der Waals surface area contributed by atoms with Crippen LogP contribution in [0.4, 0.5) is 19.0 Å². The van der Waals surface area contributed by atoms with E-state index in [1.54, 1.807) is 10.6 Å². The quantitative estimate of drug-likeness (QED) is 0.240. The lowest BCUT2D eigenvalue weighted by Crippen LogP contribution is -2.31. The molecule has 0 saturated heterocycles. The van der Waals surface area contributed by atoms with Crippen LogP contribution in [0, 0.1) is 5.92 Å². The van der Waals surface area contributed by atoms with Gasteiger partial charge in [0, 0.05) is 18.2 Å². The second-order valence-electron chi connectivity index (χ2n) is 9.88. The molecule has 0 amide bonds. The maximum Gasteiger partial charge on any atom is 0.416 e. The Labute approximate surface area is 228 Å². The van der Waals surface area contributed by atoms with Crippen molar-refractivity contribution in [2.75, 3.05) is 5.32 Å². The molecule has 0 aliphatic heterocycles. The number of hydrogen-bond acceptors (Lipinski definition) is 5. The Kier molecular flexibility index (Phi) is 7.24. The van der Waals surface area contributed by atoms with Gasteiger partial charge in [0.15, 0.2) is 11.5 Å². The lowest BCUT2D eigenvalue weighted by atomic mass is 9.80. The third kappa shape index (κ3) is 5.43. The summed E-state index contributed by atoms with van der Waals surface area (Å²) in [5, 5.41) is 13.5. The number of nitrogens with zero attached hydrogens (tertiary/aromatic N) is 4. The number of benzene rings is 2. The van der Waals surface area contributed by atoms with Gasteiger partial charge >= 0.3 is 12.1 Å². The summed E-state index contributed by atoms with van der Waals surface area (Å²) in [6.07, 6.45) is -0.445. The van der Waals surface area contributed by atoms with Gasteiger partial charge in [-0.1, -0.05) is 43.1 Å². The molecular weight excluding hydrogens is 531 g/mol. The fraction of sp³-hybridized carbons (Fsp3) is 0.357. The van der Waals surface area contributed by atoms with Gasteiger partial charge in [0.1, 0.15) is 11.3 Å². The minimum atomic E-state index is -4.45. The van der Waals surface area contributed by atoms with Gasteiger partial charge in [0.25, 0.3) is 0 Å². The highest BCUT2D eigenvalue weighted by molar-refractivity contribution is 6.33. The van der Waals surface area contributed by atoms with Crippen LogP contribution < -0.4 is 5.32 Å². The summed E-state index contributed by atoms with van der Waals surface area (Å²) in [4.78, 5) is 25.1. The highest BCUT2D eigenvalue weighted by atomic mass is 35.5. The molecule has 2 aromatic carbocycles. The molecule has 0 bridgehead atoms. The van der Waals surface area contributed by atoms with Crippen LogP contribution in [-0.4, -0.2) is 36.6 Å². The molecule has 204 valence electrons. The molecule has 1 aliphatic carbocycles. The molecule has 1 fully saturated rings. The molecule has 7 nitrogen and oxygen atoms in total. The summed E-state index contributed by atoms with van der Waals surface area (Å²) >= 11 is 6.61. The number of aromatic nitrogens is 4. The van der Waals surface area contributed by atoms with Crippen LogP contribution in [0.1, 0.15) is 60.4 Å². The number of aromatic carboxylic acids is 1. The Morgan fingerprint density at radius 1 is 1.13 bits per heavy atom. The van der Waals surface area contributed by atoms with E-state index >= 15 is 0 Å². The first-order valence-corrected chi connectivity index (χ1v) is 13.2. The average molecular weight is 558 g/mol. The maximum atomic E-state index is 13.2. The van der Waals surface area contributed by atoms with E-state index in [0.717, 1.165) is 43.4 Å². The highest BCUT2D eigenvalue weighted by Crippen LogP contribution is 2.36. The second kappa shape index (κ2) is 10.5.